The third-order valence-electron chi connectivity index (χ3n) is 7.39. The van der Waals surface area contributed by atoms with Gasteiger partial charge in [-0.15, -0.1) is 0 Å². The van der Waals surface area contributed by atoms with E-state index in [1.165, 1.54) is 18.2 Å². The highest BCUT2D eigenvalue weighted by Crippen LogP contribution is 2.36. The van der Waals surface area contributed by atoms with E-state index in [1.54, 1.807) is 53.5 Å². The van der Waals surface area contributed by atoms with Crippen LogP contribution in [0.3, 0.4) is 0 Å². The normalized spacial score (nSPS) is 12.5. The molecular formula is C34H29FN4O5. The van der Waals surface area contributed by atoms with E-state index < -0.39 is 17.6 Å². The number of fused-ring (bicyclic) bond motifs is 2. The lowest BCUT2D eigenvalue weighted by Gasteiger charge is -2.19. The number of imide groups is 1. The number of carbonyl (C=O) groups is 3. The standard InChI is InChI=1S/C34H29FN4O5/c1-2-3-17-43-31(40)14-10-22-9-13-29(38-16-6-15-36-38)24(18-22)21-44-30-20-23-19-25(35)11-12-28(23)37-32(30)39-33(41)26-7-4-5-8-27(26)34(39)42/h4-9,11-13,15-16,18-20H,2-3,10,14,17,21H2,1H3. The molecule has 9 nitrogen and oxygen atoms in total. The second-order valence-electron chi connectivity index (χ2n) is 10.4. The van der Waals surface area contributed by atoms with Crippen LogP contribution in [-0.4, -0.2) is 39.2 Å². The summed E-state index contributed by atoms with van der Waals surface area (Å²) in [5.74, 6) is -1.60. The largest absolute Gasteiger partial charge is 0.485 e. The number of esters is 1. The number of ether oxygens (including phenoxy) is 2. The lowest BCUT2D eigenvalue weighted by atomic mass is 10.0. The number of unbranched alkanes of at least 4 members (excludes halogenated alkanes) is 1. The van der Waals surface area contributed by atoms with Crippen molar-refractivity contribution in [1.29, 1.82) is 0 Å². The Labute approximate surface area is 252 Å². The van der Waals surface area contributed by atoms with Crippen molar-refractivity contribution >= 4 is 34.5 Å². The van der Waals surface area contributed by atoms with E-state index in [2.05, 4.69) is 10.1 Å². The number of aromatic nitrogens is 3. The van der Waals surface area contributed by atoms with Crippen LogP contribution < -0.4 is 9.64 Å². The van der Waals surface area contributed by atoms with Gasteiger partial charge in [-0.25, -0.2) is 19.0 Å². The number of amides is 2. The first-order valence-electron chi connectivity index (χ1n) is 14.4. The van der Waals surface area contributed by atoms with Crippen molar-refractivity contribution in [3.05, 3.63) is 113 Å². The number of hydrogen-bond donors (Lipinski definition) is 0. The Morgan fingerprint density at radius 2 is 1.75 bits per heavy atom. The maximum absolute atomic E-state index is 14.2. The summed E-state index contributed by atoms with van der Waals surface area (Å²) < 4.78 is 27.5. The Hall–Kier alpha value is -5.38. The summed E-state index contributed by atoms with van der Waals surface area (Å²) in [6.45, 7) is 2.45. The van der Waals surface area contributed by atoms with E-state index >= 15 is 0 Å². The summed E-state index contributed by atoms with van der Waals surface area (Å²) in [7, 11) is 0. The van der Waals surface area contributed by atoms with Crippen LogP contribution in [0.1, 0.15) is 58.0 Å². The van der Waals surface area contributed by atoms with E-state index in [0.717, 1.165) is 34.6 Å². The fraction of sp³-hybridized carbons (Fsp3) is 0.206. The van der Waals surface area contributed by atoms with E-state index in [0.29, 0.717) is 23.9 Å². The van der Waals surface area contributed by atoms with Gasteiger partial charge in [-0.3, -0.25) is 14.4 Å². The predicted molar refractivity (Wildman–Crippen MR) is 161 cm³/mol. The minimum absolute atomic E-state index is 0.00263. The van der Waals surface area contributed by atoms with Crippen molar-refractivity contribution in [2.45, 2.75) is 39.2 Å². The third kappa shape index (κ3) is 5.78. The van der Waals surface area contributed by atoms with Gasteiger partial charge in [-0.2, -0.15) is 5.10 Å². The fourth-order valence-electron chi connectivity index (χ4n) is 5.11. The molecule has 0 N–H and O–H groups in total. The van der Waals surface area contributed by atoms with Gasteiger partial charge in [0.05, 0.1) is 28.9 Å². The second kappa shape index (κ2) is 12.5. The molecule has 0 unspecified atom stereocenters. The molecule has 2 amide bonds. The van der Waals surface area contributed by atoms with Crippen molar-refractivity contribution in [2.75, 3.05) is 11.5 Å². The summed E-state index contributed by atoms with van der Waals surface area (Å²) in [5, 5.41) is 4.80. The van der Waals surface area contributed by atoms with Crippen LogP contribution in [0.5, 0.6) is 5.75 Å². The van der Waals surface area contributed by atoms with Gasteiger partial charge in [0.1, 0.15) is 12.4 Å². The molecule has 3 aromatic carbocycles. The lowest BCUT2D eigenvalue weighted by molar-refractivity contribution is -0.143. The van der Waals surface area contributed by atoms with Crippen LogP contribution in [0.4, 0.5) is 10.2 Å². The molecule has 44 heavy (non-hydrogen) atoms. The molecule has 0 radical (unpaired) electrons. The average Bonchev–Trinajstić information content (AvgIpc) is 3.65. The zero-order valence-electron chi connectivity index (χ0n) is 24.0. The summed E-state index contributed by atoms with van der Waals surface area (Å²) in [6, 6.07) is 19.7. The molecule has 10 heteroatoms. The van der Waals surface area contributed by atoms with Gasteiger partial charge >= 0.3 is 5.97 Å². The topological polar surface area (TPSA) is 104 Å². The summed E-state index contributed by atoms with van der Waals surface area (Å²) >= 11 is 0. The number of aryl methyl sites for hydroxylation is 1. The van der Waals surface area contributed by atoms with Gasteiger partial charge in [-0.05, 0) is 66.9 Å². The Balaban J connectivity index is 1.33. The molecule has 1 aliphatic heterocycles. The number of anilines is 1. The molecule has 6 rings (SSSR count). The summed E-state index contributed by atoms with van der Waals surface area (Å²) in [6.07, 6.45) is 5.93. The van der Waals surface area contributed by atoms with E-state index in [-0.39, 0.29) is 41.7 Å². The number of hydrogen-bond acceptors (Lipinski definition) is 7. The van der Waals surface area contributed by atoms with Crippen molar-refractivity contribution in [1.82, 2.24) is 14.8 Å². The van der Waals surface area contributed by atoms with Gasteiger partial charge in [0.2, 0.25) is 0 Å². The molecule has 0 spiro atoms. The van der Waals surface area contributed by atoms with Crippen molar-refractivity contribution < 1.29 is 28.2 Å². The van der Waals surface area contributed by atoms with Gasteiger partial charge in [0, 0.05) is 29.8 Å². The summed E-state index contributed by atoms with van der Waals surface area (Å²) in [5.41, 5.74) is 3.31. The van der Waals surface area contributed by atoms with Crippen LogP contribution in [0.25, 0.3) is 16.6 Å². The monoisotopic (exact) mass is 592 g/mol. The Morgan fingerprint density at radius 3 is 2.48 bits per heavy atom. The SMILES string of the molecule is CCCCOC(=O)CCc1ccc(-n2cccn2)c(COc2cc3cc(F)ccc3nc2N2C(=O)c3ccccc3C2=O)c1. The average molecular weight is 593 g/mol. The van der Waals surface area contributed by atoms with Gasteiger partial charge in [0.15, 0.2) is 11.6 Å². The molecule has 1 aliphatic rings. The second-order valence-corrected chi connectivity index (χ2v) is 10.4. The molecular weight excluding hydrogens is 563 g/mol. The van der Waals surface area contributed by atoms with E-state index in [9.17, 15) is 18.8 Å². The predicted octanol–water partition coefficient (Wildman–Crippen LogP) is 6.22. The first-order valence-corrected chi connectivity index (χ1v) is 14.4. The zero-order chi connectivity index (χ0) is 30.6. The number of benzene rings is 3. The van der Waals surface area contributed by atoms with Crippen molar-refractivity contribution in [3.8, 4) is 11.4 Å². The van der Waals surface area contributed by atoms with E-state index in [1.807, 2.05) is 25.1 Å². The molecule has 5 aromatic rings. The highest BCUT2D eigenvalue weighted by molar-refractivity contribution is 6.34. The van der Waals surface area contributed by atoms with Gasteiger partial charge < -0.3 is 9.47 Å². The molecule has 0 fully saturated rings. The van der Waals surface area contributed by atoms with Crippen molar-refractivity contribution in [3.63, 3.8) is 0 Å². The number of rotatable bonds is 11. The zero-order valence-corrected chi connectivity index (χ0v) is 24.0. The minimum atomic E-state index is -0.519. The highest BCUT2D eigenvalue weighted by atomic mass is 19.1. The first-order chi connectivity index (χ1) is 21.4. The molecule has 2 aromatic heterocycles. The number of pyridine rings is 1. The molecule has 0 aliphatic carbocycles. The van der Waals surface area contributed by atoms with Crippen LogP contribution in [0.15, 0.2) is 85.2 Å². The number of halogens is 1. The third-order valence-corrected chi connectivity index (χ3v) is 7.39. The Kier molecular flexibility index (Phi) is 8.14. The number of carbonyl (C=O) groups excluding carboxylic acids is 3. The number of nitrogens with zero attached hydrogens (tertiary/aromatic N) is 4. The van der Waals surface area contributed by atoms with E-state index in [4.69, 9.17) is 9.47 Å². The lowest BCUT2D eigenvalue weighted by Crippen LogP contribution is -2.30. The van der Waals surface area contributed by atoms with Crippen LogP contribution in [0.2, 0.25) is 0 Å². The molecule has 0 saturated heterocycles. The molecule has 3 heterocycles. The van der Waals surface area contributed by atoms with Gasteiger partial charge in [0.25, 0.3) is 11.8 Å². The maximum atomic E-state index is 14.2. The van der Waals surface area contributed by atoms with Crippen LogP contribution in [-0.2, 0) is 22.6 Å². The summed E-state index contributed by atoms with van der Waals surface area (Å²) in [4.78, 5) is 44.6. The van der Waals surface area contributed by atoms with Crippen molar-refractivity contribution in [2.24, 2.45) is 0 Å². The smallest absolute Gasteiger partial charge is 0.306 e. The minimum Gasteiger partial charge on any atom is -0.485 e. The van der Waals surface area contributed by atoms with Crippen LogP contribution >= 0.6 is 0 Å². The molecule has 222 valence electrons. The fourth-order valence-corrected chi connectivity index (χ4v) is 5.11. The quantitative estimate of drug-likeness (QED) is 0.102. The Bertz CT molecular complexity index is 1840. The Morgan fingerprint density at radius 1 is 0.955 bits per heavy atom. The molecule has 0 atom stereocenters. The highest BCUT2D eigenvalue weighted by Gasteiger charge is 2.39. The first kappa shape index (κ1) is 28.7. The molecule has 0 saturated carbocycles. The molecule has 0 bridgehead atoms. The van der Waals surface area contributed by atoms with Gasteiger partial charge in [-0.1, -0.05) is 37.6 Å². The van der Waals surface area contributed by atoms with Crippen LogP contribution in [0, 0.1) is 5.82 Å². The maximum Gasteiger partial charge on any atom is 0.306 e.